The van der Waals surface area contributed by atoms with E-state index in [1.807, 2.05) is 4.90 Å². The van der Waals surface area contributed by atoms with Gasteiger partial charge in [0.15, 0.2) is 0 Å². The Morgan fingerprint density at radius 2 is 2.50 bits per heavy atom. The molecule has 0 spiro atoms. The topological polar surface area (TPSA) is 46.3 Å². The normalized spacial score (nSPS) is 26.4. The molecule has 2 unspecified atom stereocenters. The highest BCUT2D eigenvalue weighted by Gasteiger charge is 2.27. The van der Waals surface area contributed by atoms with Crippen molar-refractivity contribution >= 4 is 17.7 Å². The van der Waals surface area contributed by atoms with Crippen LogP contribution in [0.15, 0.2) is 0 Å². The molecule has 2 atom stereocenters. The van der Waals surface area contributed by atoms with E-state index in [4.69, 9.17) is 5.73 Å². The lowest BCUT2D eigenvalue weighted by molar-refractivity contribution is -0.127. The Hall–Kier alpha value is -0.220. The van der Waals surface area contributed by atoms with Gasteiger partial charge in [-0.3, -0.25) is 4.79 Å². The summed E-state index contributed by atoms with van der Waals surface area (Å²) in [6, 6.07) is 0.0616. The first kappa shape index (κ1) is 9.86. The van der Waals surface area contributed by atoms with Crippen LogP contribution in [0.2, 0.25) is 0 Å². The molecule has 0 aromatic rings. The Labute approximate surface area is 77.7 Å². The fourth-order valence-electron chi connectivity index (χ4n) is 1.36. The monoisotopic (exact) mass is 188 g/mol. The average molecular weight is 188 g/mol. The van der Waals surface area contributed by atoms with Crippen LogP contribution in [0.3, 0.4) is 0 Å². The summed E-state index contributed by atoms with van der Waals surface area (Å²) in [7, 11) is 0. The standard InChI is InChI=1S/C8H16N2OS/c1-6(12-2)4-10-5-7(9)3-8(10)11/h6-7H,3-5,9H2,1-2H3. The maximum atomic E-state index is 11.3. The van der Waals surface area contributed by atoms with E-state index in [0.29, 0.717) is 11.7 Å². The number of hydrogen-bond donors (Lipinski definition) is 1. The lowest BCUT2D eigenvalue weighted by Gasteiger charge is -2.19. The molecule has 0 aromatic heterocycles. The Bertz CT molecular complexity index is 174. The van der Waals surface area contributed by atoms with E-state index >= 15 is 0 Å². The third-order valence-corrected chi connectivity index (χ3v) is 3.08. The van der Waals surface area contributed by atoms with Crippen molar-refractivity contribution in [3.05, 3.63) is 0 Å². The molecule has 3 nitrogen and oxygen atoms in total. The summed E-state index contributed by atoms with van der Waals surface area (Å²) in [5.41, 5.74) is 5.66. The van der Waals surface area contributed by atoms with E-state index in [-0.39, 0.29) is 11.9 Å². The second kappa shape index (κ2) is 4.14. The molecule has 1 heterocycles. The fraction of sp³-hybridized carbons (Fsp3) is 0.875. The maximum Gasteiger partial charge on any atom is 0.224 e. The summed E-state index contributed by atoms with van der Waals surface area (Å²) in [6.07, 6.45) is 2.59. The van der Waals surface area contributed by atoms with Crippen LogP contribution in [-0.4, -0.2) is 41.4 Å². The number of amides is 1. The molecule has 1 rings (SSSR count). The van der Waals surface area contributed by atoms with E-state index in [0.717, 1.165) is 13.1 Å². The second-order valence-corrected chi connectivity index (χ2v) is 4.59. The molecule has 1 saturated heterocycles. The van der Waals surface area contributed by atoms with Crippen molar-refractivity contribution in [3.63, 3.8) is 0 Å². The Morgan fingerprint density at radius 3 is 2.92 bits per heavy atom. The molecule has 0 aliphatic carbocycles. The molecule has 1 aliphatic rings. The number of hydrogen-bond acceptors (Lipinski definition) is 3. The molecule has 1 aliphatic heterocycles. The van der Waals surface area contributed by atoms with Gasteiger partial charge in [0.2, 0.25) is 5.91 Å². The number of rotatable bonds is 3. The molecule has 0 radical (unpaired) electrons. The van der Waals surface area contributed by atoms with Gasteiger partial charge in [-0.25, -0.2) is 0 Å². The van der Waals surface area contributed by atoms with E-state index in [2.05, 4.69) is 13.2 Å². The second-order valence-electron chi connectivity index (χ2n) is 3.31. The zero-order chi connectivity index (χ0) is 9.14. The molecule has 12 heavy (non-hydrogen) atoms. The summed E-state index contributed by atoms with van der Waals surface area (Å²) in [5.74, 6) is 0.211. The smallest absolute Gasteiger partial charge is 0.224 e. The molecule has 4 heteroatoms. The summed E-state index contributed by atoms with van der Waals surface area (Å²) in [5, 5.41) is 0.513. The highest BCUT2D eigenvalue weighted by molar-refractivity contribution is 7.99. The van der Waals surface area contributed by atoms with Gasteiger partial charge in [0.1, 0.15) is 0 Å². The largest absolute Gasteiger partial charge is 0.340 e. The third kappa shape index (κ3) is 2.38. The molecule has 0 aromatic carbocycles. The molecule has 1 amide bonds. The predicted molar refractivity (Wildman–Crippen MR) is 52.1 cm³/mol. The number of nitrogens with zero attached hydrogens (tertiary/aromatic N) is 1. The van der Waals surface area contributed by atoms with E-state index < -0.39 is 0 Å². The summed E-state index contributed by atoms with van der Waals surface area (Å²) in [6.45, 7) is 3.71. The summed E-state index contributed by atoms with van der Waals surface area (Å²) >= 11 is 1.78. The minimum atomic E-state index is 0.0616. The van der Waals surface area contributed by atoms with Gasteiger partial charge in [0.05, 0.1) is 0 Å². The first-order valence-corrected chi connectivity index (χ1v) is 5.48. The Morgan fingerprint density at radius 1 is 1.83 bits per heavy atom. The van der Waals surface area contributed by atoms with Crippen molar-refractivity contribution in [1.82, 2.24) is 4.90 Å². The van der Waals surface area contributed by atoms with Gasteiger partial charge in [0.25, 0.3) is 0 Å². The van der Waals surface area contributed by atoms with Gasteiger partial charge in [-0.15, -0.1) is 0 Å². The van der Waals surface area contributed by atoms with Crippen LogP contribution in [0.1, 0.15) is 13.3 Å². The first-order chi connectivity index (χ1) is 5.63. The van der Waals surface area contributed by atoms with Crippen molar-refractivity contribution in [2.24, 2.45) is 5.73 Å². The van der Waals surface area contributed by atoms with Crippen LogP contribution in [-0.2, 0) is 4.79 Å². The van der Waals surface area contributed by atoms with Gasteiger partial charge < -0.3 is 10.6 Å². The summed E-state index contributed by atoms with van der Waals surface area (Å²) in [4.78, 5) is 13.1. The van der Waals surface area contributed by atoms with Crippen LogP contribution in [0.4, 0.5) is 0 Å². The molecule has 0 bridgehead atoms. The maximum absolute atomic E-state index is 11.3. The lowest BCUT2D eigenvalue weighted by Crippen LogP contribution is -2.32. The SMILES string of the molecule is CSC(C)CN1CC(N)CC1=O. The van der Waals surface area contributed by atoms with Gasteiger partial charge in [0, 0.05) is 30.8 Å². The quantitative estimate of drug-likeness (QED) is 0.693. The fourth-order valence-corrected chi connectivity index (χ4v) is 1.69. The van der Waals surface area contributed by atoms with Crippen LogP contribution in [0.25, 0.3) is 0 Å². The highest BCUT2D eigenvalue weighted by atomic mass is 32.2. The van der Waals surface area contributed by atoms with Crippen molar-refractivity contribution in [3.8, 4) is 0 Å². The van der Waals surface area contributed by atoms with Crippen LogP contribution >= 0.6 is 11.8 Å². The van der Waals surface area contributed by atoms with E-state index in [1.165, 1.54) is 0 Å². The molecular weight excluding hydrogens is 172 g/mol. The zero-order valence-corrected chi connectivity index (χ0v) is 8.43. The molecular formula is C8H16N2OS. The van der Waals surface area contributed by atoms with Gasteiger partial charge >= 0.3 is 0 Å². The Balaban J connectivity index is 2.37. The predicted octanol–water partition coefficient (Wildman–Crippen LogP) is 0.298. The number of carbonyl (C=O) groups is 1. The van der Waals surface area contributed by atoms with Gasteiger partial charge in [-0.2, -0.15) is 11.8 Å². The molecule has 0 saturated carbocycles. The molecule has 70 valence electrons. The van der Waals surface area contributed by atoms with Gasteiger partial charge in [-0.05, 0) is 6.26 Å². The van der Waals surface area contributed by atoms with Crippen molar-refractivity contribution in [2.45, 2.75) is 24.6 Å². The van der Waals surface area contributed by atoms with Crippen LogP contribution in [0.5, 0.6) is 0 Å². The number of thioether (sulfide) groups is 1. The summed E-state index contributed by atoms with van der Waals surface area (Å²) < 4.78 is 0. The molecule has 2 N–H and O–H groups in total. The van der Waals surface area contributed by atoms with Crippen LogP contribution in [0, 0.1) is 0 Å². The van der Waals surface area contributed by atoms with Gasteiger partial charge in [-0.1, -0.05) is 6.92 Å². The Kier molecular flexibility index (Phi) is 3.40. The van der Waals surface area contributed by atoms with Crippen molar-refractivity contribution in [2.75, 3.05) is 19.3 Å². The minimum absolute atomic E-state index is 0.0616. The minimum Gasteiger partial charge on any atom is -0.340 e. The van der Waals surface area contributed by atoms with Crippen molar-refractivity contribution < 1.29 is 4.79 Å². The van der Waals surface area contributed by atoms with E-state index in [9.17, 15) is 4.79 Å². The van der Waals surface area contributed by atoms with Crippen molar-refractivity contribution in [1.29, 1.82) is 0 Å². The van der Waals surface area contributed by atoms with E-state index in [1.54, 1.807) is 11.8 Å². The first-order valence-electron chi connectivity index (χ1n) is 4.19. The number of likely N-dealkylation sites (tertiary alicyclic amines) is 1. The lowest BCUT2D eigenvalue weighted by atomic mass is 10.3. The average Bonchev–Trinajstić information content (AvgIpc) is 2.30. The van der Waals surface area contributed by atoms with Crippen LogP contribution < -0.4 is 5.73 Å². The number of nitrogens with two attached hydrogens (primary N) is 1. The highest BCUT2D eigenvalue weighted by Crippen LogP contribution is 2.13. The number of carbonyl (C=O) groups excluding carboxylic acids is 1. The zero-order valence-electron chi connectivity index (χ0n) is 7.62. The third-order valence-electron chi connectivity index (χ3n) is 2.12. The molecule has 1 fully saturated rings.